The van der Waals surface area contributed by atoms with Crippen molar-refractivity contribution in [2.75, 3.05) is 0 Å². The molecule has 2 aliphatic rings. The van der Waals surface area contributed by atoms with Crippen LogP contribution in [-0.2, 0) is 10.8 Å². The molecule has 101 heavy (non-hydrogen) atoms. The number of hydrogen-bond donors (Lipinski definition) is 0. The molecule has 0 spiro atoms. The zero-order valence-electron chi connectivity index (χ0n) is 56.6. The van der Waals surface area contributed by atoms with E-state index in [4.69, 9.17) is 0 Å². The van der Waals surface area contributed by atoms with Crippen LogP contribution in [0.3, 0.4) is 0 Å². The van der Waals surface area contributed by atoms with Crippen LogP contribution in [0.4, 0.5) is 0 Å². The molecule has 3 heteroatoms. The van der Waals surface area contributed by atoms with E-state index in [1.807, 2.05) is 0 Å². The lowest BCUT2D eigenvalue weighted by molar-refractivity contribution is 0.641. The Bertz CT molecular complexity index is 7000. The fourth-order valence-corrected chi connectivity index (χ4v) is 19.1. The lowest BCUT2D eigenvalue weighted by Gasteiger charge is -2.35. The van der Waals surface area contributed by atoms with Crippen molar-refractivity contribution in [1.29, 1.82) is 0 Å². The van der Waals surface area contributed by atoms with Crippen LogP contribution in [0.25, 0.3) is 175 Å². The number of fused-ring (bicyclic) bond motifs is 28. The van der Waals surface area contributed by atoms with Gasteiger partial charge in [0.15, 0.2) is 0 Å². The van der Waals surface area contributed by atoms with Crippen molar-refractivity contribution in [2.24, 2.45) is 0 Å². The van der Waals surface area contributed by atoms with Gasteiger partial charge in [-0.15, -0.1) is 0 Å². The van der Waals surface area contributed by atoms with E-state index in [9.17, 15) is 0 Å². The minimum absolute atomic E-state index is 0.154. The quantitative estimate of drug-likeness (QED) is 0.111. The lowest BCUT2D eigenvalue weighted by Crippen LogP contribution is -2.59. The van der Waals surface area contributed by atoms with E-state index in [0.29, 0.717) is 0 Å². The number of aromatic nitrogens is 2. The second-order valence-electron chi connectivity index (χ2n) is 29.7. The van der Waals surface area contributed by atoms with E-state index in [2.05, 4.69) is 358 Å². The van der Waals surface area contributed by atoms with Crippen LogP contribution >= 0.6 is 0 Å². The summed E-state index contributed by atoms with van der Waals surface area (Å²) >= 11 is 0. The first kappa shape index (κ1) is 56.7. The van der Waals surface area contributed by atoms with Crippen molar-refractivity contribution in [3.63, 3.8) is 0 Å². The molecule has 0 aliphatic carbocycles. The van der Waals surface area contributed by atoms with Crippen molar-refractivity contribution < 1.29 is 0 Å². The van der Waals surface area contributed by atoms with Crippen molar-refractivity contribution >= 4 is 153 Å². The molecular weight excluding hydrogens is 1220 g/mol. The van der Waals surface area contributed by atoms with Gasteiger partial charge < -0.3 is 9.13 Å². The second-order valence-corrected chi connectivity index (χ2v) is 29.7. The Morgan fingerprint density at radius 1 is 0.238 bits per heavy atom. The molecule has 0 atom stereocenters. The molecule has 20 aromatic rings. The zero-order chi connectivity index (χ0) is 66.7. The van der Waals surface area contributed by atoms with Gasteiger partial charge in [-0.3, -0.25) is 0 Å². The molecular formula is C98H65BN2. The van der Waals surface area contributed by atoms with E-state index in [1.54, 1.807) is 0 Å². The monoisotopic (exact) mass is 1280 g/mol. The SMILES string of the molecule is CC(C)(c1ccccc1)c1ccc(-c2ccc(-c3cc4c5c(c3)-n3c6ccc7c8ccccc8c8ccccc8c7c6c6c7c8ccccc8c8ccccc8c7cc(c63)B5c3cc5ccccc5c5c6c7ccccc7ccc6n-4c35)c(-c3ccc(C(C)(C)c4ccccc4)cc3)c2)cc1. The maximum Gasteiger partial charge on any atom is 0.252 e. The van der Waals surface area contributed by atoms with Gasteiger partial charge in [-0.1, -0.05) is 319 Å². The highest BCUT2D eigenvalue weighted by atomic mass is 15.0. The summed E-state index contributed by atoms with van der Waals surface area (Å²) in [4.78, 5) is 0. The third-order valence-electron chi connectivity index (χ3n) is 24.0. The summed E-state index contributed by atoms with van der Waals surface area (Å²) in [6.45, 7) is 9.22. The molecule has 470 valence electrons. The fourth-order valence-electron chi connectivity index (χ4n) is 19.1. The van der Waals surface area contributed by atoms with Gasteiger partial charge in [0.1, 0.15) is 0 Å². The van der Waals surface area contributed by atoms with Gasteiger partial charge in [0.05, 0.1) is 22.1 Å². The molecule has 22 rings (SSSR count). The molecule has 0 bridgehead atoms. The Kier molecular flexibility index (Phi) is 11.6. The molecule has 0 N–H and O–H groups in total. The topological polar surface area (TPSA) is 9.86 Å². The first-order chi connectivity index (χ1) is 49.7. The van der Waals surface area contributed by atoms with Crippen LogP contribution in [0.1, 0.15) is 49.9 Å². The maximum atomic E-state index is 2.75. The lowest BCUT2D eigenvalue weighted by atomic mass is 9.34. The van der Waals surface area contributed by atoms with Gasteiger partial charge in [-0.05, 0) is 178 Å². The largest absolute Gasteiger partial charge is 0.310 e. The summed E-state index contributed by atoms with van der Waals surface area (Å²) < 4.78 is 5.46. The number of hydrogen-bond acceptors (Lipinski definition) is 0. The van der Waals surface area contributed by atoms with E-state index in [-0.39, 0.29) is 17.5 Å². The summed E-state index contributed by atoms with van der Waals surface area (Å²) in [5, 5.41) is 25.6. The Balaban J connectivity index is 0.907. The van der Waals surface area contributed by atoms with Crippen LogP contribution < -0.4 is 16.4 Å². The van der Waals surface area contributed by atoms with Gasteiger partial charge in [0.25, 0.3) is 6.71 Å². The van der Waals surface area contributed by atoms with E-state index in [0.717, 1.165) is 0 Å². The van der Waals surface area contributed by atoms with Crippen LogP contribution in [0.2, 0.25) is 0 Å². The normalized spacial score (nSPS) is 12.9. The van der Waals surface area contributed by atoms with E-state index >= 15 is 0 Å². The van der Waals surface area contributed by atoms with Gasteiger partial charge >= 0.3 is 0 Å². The fraction of sp³-hybridized carbons (Fsp3) is 0.0612. The Labute approximate surface area is 585 Å². The number of nitrogens with zero attached hydrogens (tertiary/aromatic N) is 2. The minimum Gasteiger partial charge on any atom is -0.310 e. The van der Waals surface area contributed by atoms with Crippen molar-refractivity contribution in [1.82, 2.24) is 9.13 Å². The zero-order valence-corrected chi connectivity index (χ0v) is 56.6. The van der Waals surface area contributed by atoms with Crippen molar-refractivity contribution in [3.05, 3.63) is 344 Å². The first-order valence-corrected chi connectivity index (χ1v) is 35.8. The van der Waals surface area contributed by atoms with Gasteiger partial charge in [-0.25, -0.2) is 0 Å². The molecule has 0 saturated carbocycles. The highest BCUT2D eigenvalue weighted by Crippen LogP contribution is 2.52. The third kappa shape index (κ3) is 7.73. The molecule has 0 radical (unpaired) electrons. The van der Waals surface area contributed by atoms with Crippen LogP contribution in [-0.4, -0.2) is 15.8 Å². The Morgan fingerprint density at radius 2 is 0.644 bits per heavy atom. The maximum absolute atomic E-state index is 2.75. The third-order valence-corrected chi connectivity index (χ3v) is 24.0. The highest BCUT2D eigenvalue weighted by Gasteiger charge is 2.43. The first-order valence-electron chi connectivity index (χ1n) is 35.8. The van der Waals surface area contributed by atoms with E-state index in [1.165, 1.54) is 213 Å². The molecule has 2 aliphatic heterocycles. The van der Waals surface area contributed by atoms with Crippen LogP contribution in [0.5, 0.6) is 0 Å². The summed E-state index contributed by atoms with van der Waals surface area (Å²) in [5.74, 6) is 0. The predicted molar refractivity (Wildman–Crippen MR) is 433 cm³/mol. The summed E-state index contributed by atoms with van der Waals surface area (Å²) in [7, 11) is 0. The summed E-state index contributed by atoms with van der Waals surface area (Å²) in [6, 6.07) is 123. The molecule has 0 amide bonds. The summed E-state index contributed by atoms with van der Waals surface area (Å²) in [6.07, 6.45) is 0. The second kappa shape index (κ2) is 20.6. The standard InChI is InChI=1S/C98H65BN2/c1-97(2,64-25-7-5-8-26-64)66-45-39-58(40-46-66)61-43-49-68(80(53-61)60-41-47-67(48-42-60)98(3,4)65-27-9-6-10-28-65)63-55-86-94-87(56-63)101-85-52-50-79-75-35-17-15-31-71(75)73-33-19-21-37-77(73)88(79)92(85)93-89-78-38-22-20-34-74(78)72-32-16-18-36-76(72)81(89)57-83(96(93)101)99(94)82-54-62-24-12-14-30-70(62)91-90-69-29-13-11-23-59(69)44-51-84(90)100(86)95(82)91/h5-57H,1-4H3. The molecule has 0 fully saturated rings. The van der Waals surface area contributed by atoms with Crippen LogP contribution in [0, 0.1) is 0 Å². The molecule has 2 aromatic heterocycles. The predicted octanol–water partition coefficient (Wildman–Crippen LogP) is 23.9. The highest BCUT2D eigenvalue weighted by molar-refractivity contribution is 7.01. The smallest absolute Gasteiger partial charge is 0.252 e. The average Bonchev–Trinajstić information content (AvgIpc) is 1.52. The van der Waals surface area contributed by atoms with Gasteiger partial charge in [0, 0.05) is 54.5 Å². The Hall–Kier alpha value is -12.3. The number of benzene rings is 18. The minimum atomic E-state index is -0.216. The van der Waals surface area contributed by atoms with Crippen molar-refractivity contribution in [3.8, 4) is 44.8 Å². The van der Waals surface area contributed by atoms with Crippen LogP contribution in [0.15, 0.2) is 322 Å². The summed E-state index contributed by atoms with van der Waals surface area (Å²) in [5.41, 5.74) is 23.3. The van der Waals surface area contributed by atoms with E-state index < -0.39 is 0 Å². The Morgan fingerprint density at radius 3 is 1.22 bits per heavy atom. The molecule has 18 aromatic carbocycles. The molecule has 2 nitrogen and oxygen atoms in total. The molecule has 0 unspecified atom stereocenters. The number of rotatable bonds is 7. The average molecular weight is 1280 g/mol. The van der Waals surface area contributed by atoms with Gasteiger partial charge in [0.2, 0.25) is 0 Å². The molecule has 0 saturated heterocycles. The van der Waals surface area contributed by atoms with Gasteiger partial charge in [-0.2, -0.15) is 0 Å². The van der Waals surface area contributed by atoms with Crippen molar-refractivity contribution in [2.45, 2.75) is 38.5 Å². The molecule has 4 heterocycles.